The molecule has 37 heavy (non-hydrogen) atoms. The van der Waals surface area contributed by atoms with E-state index in [2.05, 4.69) is 4.72 Å². The van der Waals surface area contributed by atoms with Gasteiger partial charge in [-0.1, -0.05) is 24.3 Å². The number of anilines is 1. The van der Waals surface area contributed by atoms with Crippen LogP contribution in [0.25, 0.3) is 0 Å². The van der Waals surface area contributed by atoms with E-state index in [0.717, 1.165) is 28.3 Å². The zero-order chi connectivity index (χ0) is 26.6. The average molecular weight is 521 g/mol. The third kappa shape index (κ3) is 6.16. The van der Waals surface area contributed by atoms with Crippen LogP contribution in [0.4, 0.5) is 11.4 Å². The Bertz CT molecular complexity index is 1440. The van der Waals surface area contributed by atoms with Crippen LogP contribution < -0.4 is 25.8 Å². The molecule has 10 heteroatoms. The number of hydrogen-bond donors (Lipinski definition) is 4. The summed E-state index contributed by atoms with van der Waals surface area (Å²) in [6.07, 6.45) is 0.836. The Morgan fingerprint density at radius 2 is 1.95 bits per heavy atom. The van der Waals surface area contributed by atoms with E-state index in [0.29, 0.717) is 37.2 Å². The third-order valence-electron chi connectivity index (χ3n) is 6.33. The van der Waals surface area contributed by atoms with Gasteiger partial charge in [0, 0.05) is 43.5 Å². The van der Waals surface area contributed by atoms with Crippen LogP contribution in [0.1, 0.15) is 16.7 Å². The fourth-order valence-electron chi connectivity index (χ4n) is 4.33. The minimum absolute atomic E-state index is 0.0462. The summed E-state index contributed by atoms with van der Waals surface area (Å²) >= 11 is 0. The Labute approximate surface area is 217 Å². The van der Waals surface area contributed by atoms with Crippen LogP contribution in [0.2, 0.25) is 0 Å². The molecule has 0 amide bonds. The van der Waals surface area contributed by atoms with Gasteiger partial charge < -0.3 is 21.1 Å². The topological polar surface area (TPSA) is 147 Å². The molecule has 0 aliphatic carbocycles. The fourth-order valence-corrected chi connectivity index (χ4v) is 5.59. The Morgan fingerprint density at radius 3 is 2.68 bits per heavy atom. The molecule has 3 aromatic rings. The van der Waals surface area contributed by atoms with Gasteiger partial charge in [-0.25, -0.2) is 13.1 Å². The zero-order valence-electron chi connectivity index (χ0n) is 20.9. The number of nitrogens with zero attached hydrogens (tertiary/aromatic N) is 2. The van der Waals surface area contributed by atoms with E-state index in [1.807, 2.05) is 48.3 Å². The van der Waals surface area contributed by atoms with Crippen molar-refractivity contribution in [2.45, 2.75) is 23.8 Å². The van der Waals surface area contributed by atoms with Crippen molar-refractivity contribution in [3.05, 3.63) is 83.4 Å². The number of aliphatic imine (C=N–C) groups is 1. The normalized spacial score (nSPS) is 13.5. The number of nitrogens with two attached hydrogens (primary N) is 2. The minimum atomic E-state index is -3.89. The molecule has 1 heterocycles. The van der Waals surface area contributed by atoms with Crippen molar-refractivity contribution in [3.63, 3.8) is 0 Å². The number of methoxy groups -OCH3 is 1. The molecular formula is C27H32N6O3S. The highest BCUT2D eigenvalue weighted by molar-refractivity contribution is 7.89. The molecule has 1 aliphatic heterocycles. The lowest BCUT2D eigenvalue weighted by Crippen LogP contribution is -2.42. The maximum atomic E-state index is 13.6. The predicted molar refractivity (Wildman–Crippen MR) is 148 cm³/mol. The van der Waals surface area contributed by atoms with Crippen LogP contribution in [0.15, 0.2) is 76.6 Å². The van der Waals surface area contributed by atoms with Crippen molar-refractivity contribution in [1.29, 1.82) is 5.41 Å². The number of nitrogens with one attached hydrogen (secondary N) is 2. The first-order chi connectivity index (χ1) is 17.7. The van der Waals surface area contributed by atoms with Gasteiger partial charge in [0.2, 0.25) is 10.0 Å². The summed E-state index contributed by atoms with van der Waals surface area (Å²) in [5.74, 6) is 0.676. The van der Waals surface area contributed by atoms with Crippen LogP contribution >= 0.6 is 0 Å². The molecule has 1 atom stereocenters. The van der Waals surface area contributed by atoms with Crippen molar-refractivity contribution in [2.75, 3.05) is 32.1 Å². The lowest BCUT2D eigenvalue weighted by Gasteiger charge is -2.21. The summed E-state index contributed by atoms with van der Waals surface area (Å²) < 4.78 is 35.4. The number of benzene rings is 3. The van der Waals surface area contributed by atoms with Crippen molar-refractivity contribution < 1.29 is 13.2 Å². The summed E-state index contributed by atoms with van der Waals surface area (Å²) in [5, 5.41) is 7.77. The molecule has 1 unspecified atom stereocenters. The standard InChI is InChI=1S/C27H32N6O3S/c1-33(12-11-28)21-7-4-8-23(17-21)37(34,35)32-26(14-18-5-3-6-19(13-18)27(29)30)25-16-20-15-22(36-2)9-10-24(20)31-25/h3-10,13,15,17,26,32H,11-12,14,16,28H2,1-2H3,(H3,29,30). The maximum absolute atomic E-state index is 13.6. The quantitative estimate of drug-likeness (QED) is 0.226. The zero-order valence-corrected chi connectivity index (χ0v) is 21.8. The van der Waals surface area contributed by atoms with Gasteiger partial charge in [-0.15, -0.1) is 0 Å². The first kappa shape index (κ1) is 26.3. The Balaban J connectivity index is 1.67. The first-order valence-electron chi connectivity index (χ1n) is 11.9. The van der Waals surface area contributed by atoms with E-state index < -0.39 is 16.1 Å². The molecule has 1 aliphatic rings. The number of fused-ring (bicyclic) bond motifs is 1. The first-order valence-corrected chi connectivity index (χ1v) is 13.4. The van der Waals surface area contributed by atoms with Crippen LogP contribution in [0.3, 0.4) is 0 Å². The van der Waals surface area contributed by atoms with Crippen molar-refractivity contribution >= 4 is 32.9 Å². The number of amidine groups is 1. The lowest BCUT2D eigenvalue weighted by molar-refractivity contribution is 0.414. The van der Waals surface area contributed by atoms with Gasteiger partial charge in [0.1, 0.15) is 11.6 Å². The molecule has 0 spiro atoms. The molecule has 0 fully saturated rings. The fraction of sp³-hybridized carbons (Fsp3) is 0.259. The summed E-state index contributed by atoms with van der Waals surface area (Å²) in [6.45, 7) is 1.06. The van der Waals surface area contributed by atoms with Crippen molar-refractivity contribution in [1.82, 2.24) is 4.72 Å². The molecule has 0 bridgehead atoms. The van der Waals surface area contributed by atoms with Crippen LogP contribution in [0.5, 0.6) is 5.75 Å². The molecule has 0 aromatic heterocycles. The second-order valence-corrected chi connectivity index (χ2v) is 10.7. The largest absolute Gasteiger partial charge is 0.497 e. The molecule has 9 nitrogen and oxygen atoms in total. The average Bonchev–Trinajstić information content (AvgIpc) is 3.32. The van der Waals surface area contributed by atoms with Gasteiger partial charge in [0.25, 0.3) is 0 Å². The Morgan fingerprint density at radius 1 is 1.16 bits per heavy atom. The van der Waals surface area contributed by atoms with Crippen LogP contribution in [-0.4, -0.2) is 53.3 Å². The van der Waals surface area contributed by atoms with Gasteiger partial charge in [-0.05, 0) is 60.0 Å². The summed E-state index contributed by atoms with van der Waals surface area (Å²) in [4.78, 5) is 6.85. The van der Waals surface area contributed by atoms with Gasteiger partial charge in [-0.2, -0.15) is 0 Å². The number of hydrogen-bond acceptors (Lipinski definition) is 7. The van der Waals surface area contributed by atoms with E-state index in [-0.39, 0.29) is 10.7 Å². The Kier molecular flexibility index (Phi) is 7.91. The van der Waals surface area contributed by atoms with E-state index in [9.17, 15) is 8.42 Å². The van der Waals surface area contributed by atoms with Crippen molar-refractivity contribution in [3.8, 4) is 5.75 Å². The number of ether oxygens (including phenoxy) is 1. The smallest absolute Gasteiger partial charge is 0.241 e. The van der Waals surface area contributed by atoms with Crippen molar-refractivity contribution in [2.24, 2.45) is 16.5 Å². The number of rotatable bonds is 11. The highest BCUT2D eigenvalue weighted by Crippen LogP contribution is 2.32. The number of likely N-dealkylation sites (N-methyl/N-ethyl adjacent to an activating group) is 1. The van der Waals surface area contributed by atoms with Gasteiger partial charge >= 0.3 is 0 Å². The summed E-state index contributed by atoms with van der Waals surface area (Å²) in [7, 11) is -0.417. The molecule has 194 valence electrons. The summed E-state index contributed by atoms with van der Waals surface area (Å²) in [6, 6.07) is 19.1. The summed E-state index contributed by atoms with van der Waals surface area (Å²) in [5.41, 5.74) is 16.0. The highest BCUT2D eigenvalue weighted by Gasteiger charge is 2.28. The Hall–Kier alpha value is -3.73. The van der Waals surface area contributed by atoms with Gasteiger partial charge in [-0.3, -0.25) is 10.4 Å². The van der Waals surface area contributed by atoms with Crippen LogP contribution in [0, 0.1) is 5.41 Å². The molecule has 0 radical (unpaired) electrons. The molecule has 4 rings (SSSR count). The molecule has 0 saturated carbocycles. The molecule has 0 saturated heterocycles. The number of sulfonamides is 1. The number of nitrogen functional groups attached to an aromatic ring is 1. The van der Waals surface area contributed by atoms with E-state index >= 15 is 0 Å². The molecular weight excluding hydrogens is 488 g/mol. The minimum Gasteiger partial charge on any atom is -0.497 e. The SMILES string of the molecule is COc1ccc2c(c1)CC(C(Cc1cccc(C(=N)N)c1)NS(=O)(=O)c1cccc(N(C)CCN)c1)=N2. The monoisotopic (exact) mass is 520 g/mol. The van der Waals surface area contributed by atoms with Gasteiger partial charge in [0.15, 0.2) is 0 Å². The lowest BCUT2D eigenvalue weighted by atomic mass is 9.98. The highest BCUT2D eigenvalue weighted by atomic mass is 32.2. The molecule has 6 N–H and O–H groups in total. The van der Waals surface area contributed by atoms with E-state index in [1.54, 1.807) is 37.4 Å². The molecule has 3 aromatic carbocycles. The van der Waals surface area contributed by atoms with Crippen LogP contribution in [-0.2, 0) is 22.9 Å². The second-order valence-electron chi connectivity index (χ2n) is 8.97. The van der Waals surface area contributed by atoms with E-state index in [4.69, 9.17) is 26.6 Å². The second kappa shape index (κ2) is 11.1. The maximum Gasteiger partial charge on any atom is 0.241 e. The predicted octanol–water partition coefficient (Wildman–Crippen LogP) is 2.59. The van der Waals surface area contributed by atoms with E-state index in [1.165, 1.54) is 0 Å². The third-order valence-corrected chi connectivity index (χ3v) is 7.80. The van der Waals surface area contributed by atoms with Gasteiger partial charge in [0.05, 0.1) is 23.7 Å².